The van der Waals surface area contributed by atoms with Crippen LogP contribution in [0.3, 0.4) is 0 Å². The van der Waals surface area contributed by atoms with E-state index < -0.39 is 12.3 Å². The third-order valence-corrected chi connectivity index (χ3v) is 1.71. The van der Waals surface area contributed by atoms with E-state index in [0.717, 1.165) is 6.42 Å². The largest absolute Gasteiger partial charge is 0.432 e. The quantitative estimate of drug-likeness (QED) is 0.397. The molecule has 0 spiro atoms. The average Bonchev–Trinajstić information content (AvgIpc) is 2.02. The number of ether oxygens (including phenoxy) is 1. The molecule has 0 bridgehead atoms. The molecule has 0 aliphatic heterocycles. The molecule has 0 aromatic carbocycles. The van der Waals surface area contributed by atoms with Gasteiger partial charge in [0.15, 0.2) is 0 Å². The number of aliphatic hydroxyl groups excluding tert-OH is 1. The van der Waals surface area contributed by atoms with Crippen LogP contribution in [0.4, 0.5) is 0 Å². The maximum Gasteiger partial charge on any atom is 0.335 e. The molecule has 0 radical (unpaired) electrons. The first-order chi connectivity index (χ1) is 5.49. The first-order valence-electron chi connectivity index (χ1n) is 4.03. The summed E-state index contributed by atoms with van der Waals surface area (Å²) >= 11 is 0. The first-order valence-corrected chi connectivity index (χ1v) is 4.03. The number of carbonyl (C=O) groups is 1. The normalized spacial score (nSPS) is 15.0. The van der Waals surface area contributed by atoms with E-state index in [1.54, 1.807) is 6.92 Å². The minimum atomic E-state index is -1.01. The average molecular weight is 172 g/mol. The van der Waals surface area contributed by atoms with E-state index in [2.05, 4.69) is 11.3 Å². The van der Waals surface area contributed by atoms with E-state index in [1.807, 2.05) is 13.8 Å². The molecule has 0 saturated carbocycles. The Morgan fingerprint density at radius 3 is 2.50 bits per heavy atom. The molecule has 0 saturated heterocycles. The summed E-state index contributed by atoms with van der Waals surface area (Å²) in [5.74, 6) is -0.573. The second kappa shape index (κ2) is 4.93. The van der Waals surface area contributed by atoms with Gasteiger partial charge in [-0.3, -0.25) is 0 Å². The molecule has 2 unspecified atom stereocenters. The molecule has 2 atom stereocenters. The number of esters is 1. The number of carbonyl (C=O) groups excluding carboxylic acids is 1. The summed E-state index contributed by atoms with van der Waals surface area (Å²) in [6, 6.07) is 0. The Hall–Kier alpha value is -0.830. The standard InChI is InChI=1S/C9H16O3/c1-5-7(4)9(11)12-8(10)6(2)3/h7,9,11H,2,5H2,1,3-4H3. The Kier molecular flexibility index (Phi) is 4.59. The molecule has 1 N–H and O–H groups in total. The van der Waals surface area contributed by atoms with Crippen LogP contribution in [0.25, 0.3) is 0 Å². The van der Waals surface area contributed by atoms with E-state index in [9.17, 15) is 9.90 Å². The van der Waals surface area contributed by atoms with Crippen LogP contribution >= 0.6 is 0 Å². The third kappa shape index (κ3) is 3.53. The Morgan fingerprint density at radius 2 is 2.17 bits per heavy atom. The van der Waals surface area contributed by atoms with E-state index in [0.29, 0.717) is 5.57 Å². The first kappa shape index (κ1) is 11.2. The van der Waals surface area contributed by atoms with Crippen LogP contribution in [0.2, 0.25) is 0 Å². The molecule has 3 nitrogen and oxygen atoms in total. The fourth-order valence-corrected chi connectivity index (χ4v) is 0.528. The molecular weight excluding hydrogens is 156 g/mol. The lowest BCUT2D eigenvalue weighted by atomic mass is 10.1. The molecule has 0 fully saturated rings. The summed E-state index contributed by atoms with van der Waals surface area (Å²) in [4.78, 5) is 10.9. The Morgan fingerprint density at radius 1 is 1.67 bits per heavy atom. The van der Waals surface area contributed by atoms with E-state index in [4.69, 9.17) is 0 Å². The number of rotatable bonds is 4. The highest BCUT2D eigenvalue weighted by Gasteiger charge is 2.16. The van der Waals surface area contributed by atoms with Crippen molar-refractivity contribution in [2.75, 3.05) is 0 Å². The molecule has 70 valence electrons. The smallest absolute Gasteiger partial charge is 0.335 e. The van der Waals surface area contributed by atoms with Crippen molar-refractivity contribution in [2.45, 2.75) is 33.5 Å². The lowest BCUT2D eigenvalue weighted by Crippen LogP contribution is -2.24. The molecule has 0 amide bonds. The maximum absolute atomic E-state index is 10.9. The molecule has 0 rings (SSSR count). The molecule has 0 aromatic rings. The van der Waals surface area contributed by atoms with Gasteiger partial charge in [0, 0.05) is 11.5 Å². The highest BCUT2D eigenvalue weighted by Crippen LogP contribution is 2.09. The van der Waals surface area contributed by atoms with Gasteiger partial charge in [0.05, 0.1) is 0 Å². The molecule has 3 heteroatoms. The van der Waals surface area contributed by atoms with Crippen molar-refractivity contribution < 1.29 is 14.6 Å². The molecule has 0 heterocycles. The minimum absolute atomic E-state index is 0.0340. The molecule has 0 aliphatic carbocycles. The highest BCUT2D eigenvalue weighted by atomic mass is 16.6. The summed E-state index contributed by atoms with van der Waals surface area (Å²) in [6.45, 7) is 8.69. The van der Waals surface area contributed by atoms with Gasteiger partial charge in [-0.1, -0.05) is 20.4 Å². The Balaban J connectivity index is 3.92. The van der Waals surface area contributed by atoms with Crippen LogP contribution in [0.15, 0.2) is 12.2 Å². The zero-order valence-electron chi connectivity index (χ0n) is 7.83. The molecule has 0 aromatic heterocycles. The zero-order valence-corrected chi connectivity index (χ0v) is 7.83. The van der Waals surface area contributed by atoms with Gasteiger partial charge in [-0.25, -0.2) is 4.79 Å². The number of hydrogen-bond acceptors (Lipinski definition) is 3. The lowest BCUT2D eigenvalue weighted by Gasteiger charge is -2.17. The summed E-state index contributed by atoms with van der Waals surface area (Å²) in [5, 5.41) is 9.25. The molecule has 0 aliphatic rings. The van der Waals surface area contributed by atoms with Gasteiger partial charge in [-0.2, -0.15) is 0 Å². The van der Waals surface area contributed by atoms with Crippen molar-refractivity contribution in [2.24, 2.45) is 5.92 Å². The predicted molar refractivity (Wildman–Crippen MR) is 46.4 cm³/mol. The van der Waals surface area contributed by atoms with Crippen molar-refractivity contribution in [1.82, 2.24) is 0 Å². The zero-order chi connectivity index (χ0) is 9.72. The molecular formula is C9H16O3. The van der Waals surface area contributed by atoms with Gasteiger partial charge in [0.25, 0.3) is 0 Å². The maximum atomic E-state index is 10.9. The number of aliphatic hydroxyl groups is 1. The van der Waals surface area contributed by atoms with Crippen LogP contribution in [0, 0.1) is 5.92 Å². The fraction of sp³-hybridized carbons (Fsp3) is 0.667. The van der Waals surface area contributed by atoms with Crippen LogP contribution in [-0.4, -0.2) is 17.4 Å². The highest BCUT2D eigenvalue weighted by molar-refractivity contribution is 5.86. The van der Waals surface area contributed by atoms with Gasteiger partial charge in [0.2, 0.25) is 6.29 Å². The monoisotopic (exact) mass is 172 g/mol. The van der Waals surface area contributed by atoms with E-state index in [-0.39, 0.29) is 5.92 Å². The third-order valence-electron chi connectivity index (χ3n) is 1.71. The van der Waals surface area contributed by atoms with Crippen LogP contribution in [-0.2, 0) is 9.53 Å². The Labute approximate surface area is 73.0 Å². The second-order valence-corrected chi connectivity index (χ2v) is 2.96. The summed E-state index contributed by atoms with van der Waals surface area (Å²) < 4.78 is 4.68. The van der Waals surface area contributed by atoms with Crippen LogP contribution in [0.1, 0.15) is 27.2 Å². The fourth-order valence-electron chi connectivity index (χ4n) is 0.528. The van der Waals surface area contributed by atoms with Crippen molar-refractivity contribution >= 4 is 5.97 Å². The predicted octanol–water partition coefficient (Wildman–Crippen LogP) is 1.47. The van der Waals surface area contributed by atoms with E-state index >= 15 is 0 Å². The van der Waals surface area contributed by atoms with Crippen molar-refractivity contribution in [3.05, 3.63) is 12.2 Å². The minimum Gasteiger partial charge on any atom is -0.432 e. The van der Waals surface area contributed by atoms with E-state index in [1.165, 1.54) is 0 Å². The summed E-state index contributed by atoms with van der Waals surface area (Å²) in [7, 11) is 0. The van der Waals surface area contributed by atoms with Gasteiger partial charge in [0.1, 0.15) is 0 Å². The lowest BCUT2D eigenvalue weighted by molar-refractivity contribution is -0.171. The van der Waals surface area contributed by atoms with Crippen molar-refractivity contribution in [3.63, 3.8) is 0 Å². The van der Waals surface area contributed by atoms with Crippen LogP contribution in [0.5, 0.6) is 0 Å². The number of hydrogen-bond donors (Lipinski definition) is 1. The van der Waals surface area contributed by atoms with Gasteiger partial charge < -0.3 is 9.84 Å². The summed E-state index contributed by atoms with van der Waals surface area (Å²) in [5.41, 5.74) is 0.303. The van der Waals surface area contributed by atoms with Gasteiger partial charge >= 0.3 is 5.97 Å². The molecule has 12 heavy (non-hydrogen) atoms. The van der Waals surface area contributed by atoms with Gasteiger partial charge in [-0.15, -0.1) is 0 Å². The SMILES string of the molecule is C=C(C)C(=O)OC(O)C(C)CC. The Bertz CT molecular complexity index is 175. The summed E-state index contributed by atoms with van der Waals surface area (Å²) in [6.07, 6.45) is -0.246. The van der Waals surface area contributed by atoms with Crippen molar-refractivity contribution in [3.8, 4) is 0 Å². The van der Waals surface area contributed by atoms with Crippen LogP contribution < -0.4 is 0 Å². The topological polar surface area (TPSA) is 46.5 Å². The second-order valence-electron chi connectivity index (χ2n) is 2.96. The van der Waals surface area contributed by atoms with Gasteiger partial charge in [-0.05, 0) is 13.3 Å². The van der Waals surface area contributed by atoms with Crippen molar-refractivity contribution in [1.29, 1.82) is 0 Å².